The summed E-state index contributed by atoms with van der Waals surface area (Å²) in [5.74, 6) is 2.55. The first kappa shape index (κ1) is 15.5. The smallest absolute Gasteiger partial charge is 0.358 e. The molecule has 0 saturated heterocycles. The Morgan fingerprint density at radius 2 is 2.04 bits per heavy atom. The van der Waals surface area contributed by atoms with Crippen molar-refractivity contribution in [1.82, 2.24) is 14.5 Å². The molecule has 1 atom stereocenters. The first-order chi connectivity index (χ1) is 11.8. The maximum absolute atomic E-state index is 12.3. The predicted molar refractivity (Wildman–Crippen MR) is 89.5 cm³/mol. The number of imidazole rings is 1. The van der Waals surface area contributed by atoms with Crippen LogP contribution in [0.5, 0.6) is 0 Å². The number of carbonyl (C=O) groups excluding carboxylic acids is 1. The molecule has 1 aromatic carbocycles. The molecule has 0 aliphatic heterocycles. The predicted octanol–water partition coefficient (Wildman–Crippen LogP) is 2.67. The first-order valence-electron chi connectivity index (χ1n) is 7.42. The van der Waals surface area contributed by atoms with Gasteiger partial charge < -0.3 is 4.74 Å². The van der Waals surface area contributed by atoms with Gasteiger partial charge in [-0.25, -0.2) is 14.8 Å². The molecule has 2 aromatic heterocycles. The third kappa shape index (κ3) is 3.68. The second kappa shape index (κ2) is 7.25. The summed E-state index contributed by atoms with van der Waals surface area (Å²) >= 11 is 0. The molecule has 0 saturated carbocycles. The van der Waals surface area contributed by atoms with Crippen molar-refractivity contribution in [2.75, 3.05) is 0 Å². The summed E-state index contributed by atoms with van der Waals surface area (Å²) in [6.07, 6.45) is 10.3. The van der Waals surface area contributed by atoms with Crippen molar-refractivity contribution in [3.05, 3.63) is 78.5 Å². The van der Waals surface area contributed by atoms with Crippen LogP contribution >= 0.6 is 0 Å². The molecule has 0 aliphatic carbocycles. The number of pyridine rings is 1. The second-order valence-electron chi connectivity index (χ2n) is 5.10. The van der Waals surface area contributed by atoms with Crippen molar-refractivity contribution in [2.45, 2.75) is 12.5 Å². The van der Waals surface area contributed by atoms with E-state index >= 15 is 0 Å². The van der Waals surface area contributed by atoms with Gasteiger partial charge in [-0.05, 0) is 17.7 Å². The third-order valence-electron chi connectivity index (χ3n) is 3.41. The highest BCUT2D eigenvalue weighted by atomic mass is 16.5. The number of terminal acetylenes is 1. The lowest BCUT2D eigenvalue weighted by Crippen LogP contribution is -2.20. The number of carbonyl (C=O) groups is 1. The number of esters is 1. The molecule has 118 valence electrons. The second-order valence-corrected chi connectivity index (χ2v) is 5.10. The Balaban J connectivity index is 1.72. The molecule has 0 bridgehead atoms. The van der Waals surface area contributed by atoms with Crippen molar-refractivity contribution in [1.29, 1.82) is 0 Å². The number of rotatable bonds is 5. The highest BCUT2D eigenvalue weighted by Gasteiger charge is 2.16. The molecule has 0 amide bonds. The van der Waals surface area contributed by atoms with E-state index in [0.29, 0.717) is 12.2 Å². The van der Waals surface area contributed by atoms with E-state index in [1.54, 1.807) is 41.5 Å². The maximum Gasteiger partial charge on any atom is 0.358 e. The molecule has 3 rings (SSSR count). The van der Waals surface area contributed by atoms with Gasteiger partial charge in [-0.3, -0.25) is 4.57 Å². The van der Waals surface area contributed by atoms with Crippen molar-refractivity contribution >= 4 is 5.97 Å². The standard InChI is InChI=1S/C19H15N3O2/c1-2-16(13-15-7-4-3-5-8-15)24-19(23)17-9-6-10-18(21-17)22-12-11-20-14-22/h1,3-12,14,16H,13H2/t16-/m0/s1. The summed E-state index contributed by atoms with van der Waals surface area (Å²) in [5.41, 5.74) is 1.21. The third-order valence-corrected chi connectivity index (χ3v) is 3.41. The van der Waals surface area contributed by atoms with Crippen LogP contribution in [0.25, 0.3) is 5.82 Å². The average molecular weight is 317 g/mol. The minimum Gasteiger partial charge on any atom is -0.444 e. The summed E-state index contributed by atoms with van der Waals surface area (Å²) in [6, 6.07) is 14.8. The Morgan fingerprint density at radius 3 is 2.75 bits per heavy atom. The number of hydrogen-bond donors (Lipinski definition) is 0. The van der Waals surface area contributed by atoms with Gasteiger partial charge in [-0.15, -0.1) is 6.42 Å². The summed E-state index contributed by atoms with van der Waals surface area (Å²) in [7, 11) is 0. The normalized spacial score (nSPS) is 11.5. The molecule has 0 fully saturated rings. The van der Waals surface area contributed by atoms with Crippen LogP contribution in [-0.4, -0.2) is 26.6 Å². The van der Waals surface area contributed by atoms with E-state index in [-0.39, 0.29) is 5.69 Å². The van der Waals surface area contributed by atoms with Gasteiger partial charge in [0.1, 0.15) is 12.1 Å². The minimum atomic E-state index is -0.640. The van der Waals surface area contributed by atoms with Crippen LogP contribution in [0.1, 0.15) is 16.1 Å². The molecule has 0 aliphatic rings. The zero-order chi connectivity index (χ0) is 16.8. The number of nitrogens with zero attached hydrogens (tertiary/aromatic N) is 3. The van der Waals surface area contributed by atoms with E-state index in [2.05, 4.69) is 15.9 Å². The van der Waals surface area contributed by atoms with E-state index in [4.69, 9.17) is 11.2 Å². The zero-order valence-electron chi connectivity index (χ0n) is 12.9. The van der Waals surface area contributed by atoms with Crippen LogP contribution < -0.4 is 0 Å². The topological polar surface area (TPSA) is 57.0 Å². The monoisotopic (exact) mass is 317 g/mol. The molecule has 0 spiro atoms. The van der Waals surface area contributed by atoms with Crippen LogP contribution in [0.4, 0.5) is 0 Å². The van der Waals surface area contributed by atoms with Crippen LogP contribution in [0, 0.1) is 12.3 Å². The molecule has 5 nitrogen and oxygen atoms in total. The molecule has 0 N–H and O–H groups in total. The number of benzene rings is 1. The molecule has 0 radical (unpaired) electrons. The van der Waals surface area contributed by atoms with Crippen LogP contribution in [0.2, 0.25) is 0 Å². The van der Waals surface area contributed by atoms with E-state index < -0.39 is 12.1 Å². The molecule has 0 unspecified atom stereocenters. The first-order valence-corrected chi connectivity index (χ1v) is 7.42. The van der Waals surface area contributed by atoms with Gasteiger partial charge in [0.25, 0.3) is 0 Å². The van der Waals surface area contributed by atoms with Crippen molar-refractivity contribution in [3.8, 4) is 18.2 Å². The van der Waals surface area contributed by atoms with Crippen LogP contribution in [-0.2, 0) is 11.2 Å². The Labute approximate surface area is 140 Å². The van der Waals surface area contributed by atoms with Crippen molar-refractivity contribution in [2.24, 2.45) is 0 Å². The van der Waals surface area contributed by atoms with Crippen LogP contribution in [0.15, 0.2) is 67.3 Å². The quantitative estimate of drug-likeness (QED) is 0.536. The van der Waals surface area contributed by atoms with Crippen molar-refractivity contribution < 1.29 is 9.53 Å². The van der Waals surface area contributed by atoms with Gasteiger partial charge >= 0.3 is 5.97 Å². The van der Waals surface area contributed by atoms with Gasteiger partial charge in [0.05, 0.1) is 0 Å². The van der Waals surface area contributed by atoms with Gasteiger partial charge in [0, 0.05) is 18.8 Å². The van der Waals surface area contributed by atoms with Crippen molar-refractivity contribution in [3.63, 3.8) is 0 Å². The van der Waals surface area contributed by atoms with E-state index in [1.165, 1.54) is 0 Å². The summed E-state index contributed by atoms with van der Waals surface area (Å²) < 4.78 is 7.11. The number of aromatic nitrogens is 3. The molecule has 2 heterocycles. The minimum absolute atomic E-state index is 0.203. The Morgan fingerprint density at radius 1 is 1.21 bits per heavy atom. The Kier molecular flexibility index (Phi) is 4.68. The lowest BCUT2D eigenvalue weighted by Gasteiger charge is -2.12. The lowest BCUT2D eigenvalue weighted by molar-refractivity contribution is 0.0404. The number of hydrogen-bond acceptors (Lipinski definition) is 4. The molecular formula is C19H15N3O2. The van der Waals surface area contributed by atoms with E-state index in [0.717, 1.165) is 5.56 Å². The molecule has 24 heavy (non-hydrogen) atoms. The highest BCUT2D eigenvalue weighted by Crippen LogP contribution is 2.10. The SMILES string of the molecule is C#C[C@@H](Cc1ccccc1)OC(=O)c1cccc(-n2ccnc2)n1. The summed E-state index contributed by atoms with van der Waals surface area (Å²) in [6.45, 7) is 0. The molecular weight excluding hydrogens is 302 g/mol. The van der Waals surface area contributed by atoms with Gasteiger partial charge in [0.15, 0.2) is 11.8 Å². The zero-order valence-corrected chi connectivity index (χ0v) is 12.9. The van der Waals surface area contributed by atoms with Crippen LogP contribution in [0.3, 0.4) is 0 Å². The van der Waals surface area contributed by atoms with Gasteiger partial charge in [-0.1, -0.05) is 42.3 Å². The fraction of sp³-hybridized carbons (Fsp3) is 0.105. The Hall–Kier alpha value is -3.39. The van der Waals surface area contributed by atoms with E-state index in [9.17, 15) is 4.79 Å². The average Bonchev–Trinajstić information content (AvgIpc) is 3.17. The van der Waals surface area contributed by atoms with Gasteiger partial charge in [0.2, 0.25) is 0 Å². The lowest BCUT2D eigenvalue weighted by atomic mass is 10.1. The fourth-order valence-corrected chi connectivity index (χ4v) is 2.23. The maximum atomic E-state index is 12.3. The summed E-state index contributed by atoms with van der Waals surface area (Å²) in [5, 5.41) is 0. The van der Waals surface area contributed by atoms with E-state index in [1.807, 2.05) is 30.3 Å². The largest absolute Gasteiger partial charge is 0.444 e. The highest BCUT2D eigenvalue weighted by molar-refractivity contribution is 5.87. The summed E-state index contributed by atoms with van der Waals surface area (Å²) in [4.78, 5) is 20.6. The molecule has 3 aromatic rings. The van der Waals surface area contributed by atoms with Gasteiger partial charge in [-0.2, -0.15) is 0 Å². The molecule has 5 heteroatoms. The fourth-order valence-electron chi connectivity index (χ4n) is 2.23. The number of ether oxygens (including phenoxy) is 1. The Bertz CT molecular complexity index is 852.